The van der Waals surface area contributed by atoms with Crippen LogP contribution in [0.5, 0.6) is 0 Å². The van der Waals surface area contributed by atoms with Crippen molar-refractivity contribution in [3.8, 4) is 0 Å². The maximum Gasteiger partial charge on any atom is 0.254 e. The van der Waals surface area contributed by atoms with Crippen molar-refractivity contribution in [2.45, 2.75) is 75.4 Å². The van der Waals surface area contributed by atoms with Gasteiger partial charge >= 0.3 is 0 Å². The number of aryl methyl sites for hydroxylation is 1. The third-order valence-electron chi connectivity index (χ3n) is 9.02. The van der Waals surface area contributed by atoms with Crippen LogP contribution in [0.1, 0.15) is 38.2 Å². The molecule has 3 heterocycles. The van der Waals surface area contributed by atoms with E-state index in [4.69, 9.17) is 4.74 Å². The molecule has 3 fully saturated rings. The molecule has 2 aromatic rings. The van der Waals surface area contributed by atoms with Crippen LogP contribution in [0.4, 0.5) is 15.5 Å². The van der Waals surface area contributed by atoms with Crippen molar-refractivity contribution in [3.63, 3.8) is 0 Å². The number of nitrogens with one attached hydrogen (secondary N) is 1. The molecule has 8 heteroatoms. The number of aliphatic hydroxyl groups excluding tert-OH is 1. The van der Waals surface area contributed by atoms with Gasteiger partial charge in [-0.2, -0.15) is 0 Å². The molecule has 0 saturated carbocycles. The van der Waals surface area contributed by atoms with Gasteiger partial charge in [-0.15, -0.1) is 0 Å². The Kier molecular flexibility index (Phi) is 7.96. The molecular weight excluding hydrogens is 497 g/mol. The zero-order valence-electron chi connectivity index (χ0n) is 22.9. The van der Waals surface area contributed by atoms with E-state index in [0.717, 1.165) is 50.1 Å². The van der Waals surface area contributed by atoms with Gasteiger partial charge in [0, 0.05) is 23.5 Å². The molecule has 0 aliphatic carbocycles. The van der Waals surface area contributed by atoms with Gasteiger partial charge in [-0.3, -0.25) is 9.69 Å². The molecule has 0 radical (unpaired) electrons. The molecule has 0 aromatic heterocycles. The van der Waals surface area contributed by atoms with E-state index >= 15 is 4.11 Å². The number of amides is 1. The molecule has 6 nitrogen and oxygen atoms in total. The fourth-order valence-electron chi connectivity index (χ4n) is 7.09. The zero-order chi connectivity index (χ0) is 26.9. The van der Waals surface area contributed by atoms with Gasteiger partial charge in [-0.05, 0) is 94.0 Å². The fraction of sp³-hybridized carbons (Fsp3) is 0.567. The molecule has 1 spiro atoms. The fourth-order valence-corrected chi connectivity index (χ4v) is 9.69. The SMILES string of the molecule is C[C@@H]1[C@@H]([Si](C)(C)F)[C@H](CCO)O[C@@H]1CCc1ccc(N2CN(c3ccccc3)C3(CCNCC3)C2=O)cc1. The Morgan fingerprint density at radius 3 is 2.34 bits per heavy atom. The van der Waals surface area contributed by atoms with Crippen LogP contribution in [0.15, 0.2) is 54.6 Å². The quantitative estimate of drug-likeness (QED) is 0.370. The number of carbonyl (C=O) groups is 1. The van der Waals surface area contributed by atoms with E-state index in [-0.39, 0.29) is 36.2 Å². The van der Waals surface area contributed by atoms with Crippen molar-refractivity contribution >= 4 is 25.7 Å². The van der Waals surface area contributed by atoms with Crippen LogP contribution in [0.3, 0.4) is 0 Å². The van der Waals surface area contributed by atoms with Crippen LogP contribution in [-0.2, 0) is 16.0 Å². The van der Waals surface area contributed by atoms with E-state index in [2.05, 4.69) is 53.5 Å². The number of piperidine rings is 1. The third-order valence-corrected chi connectivity index (χ3v) is 11.5. The molecule has 2 aromatic carbocycles. The van der Waals surface area contributed by atoms with Gasteiger partial charge in [-0.1, -0.05) is 37.3 Å². The molecular formula is C30H42FN3O3Si. The van der Waals surface area contributed by atoms with Crippen LogP contribution in [0.25, 0.3) is 0 Å². The number of ether oxygens (including phenoxy) is 1. The number of nitrogens with zero attached hydrogens (tertiary/aromatic N) is 2. The molecule has 0 unspecified atom stereocenters. The Morgan fingerprint density at radius 1 is 1.03 bits per heavy atom. The number of halogens is 1. The summed E-state index contributed by atoms with van der Waals surface area (Å²) in [4.78, 5) is 18.1. The predicted octanol–water partition coefficient (Wildman–Crippen LogP) is 4.88. The highest BCUT2D eigenvalue weighted by molar-refractivity contribution is 6.72. The Labute approximate surface area is 227 Å². The first kappa shape index (κ1) is 27.3. The summed E-state index contributed by atoms with van der Waals surface area (Å²) in [6, 6.07) is 18.6. The van der Waals surface area contributed by atoms with E-state index in [9.17, 15) is 9.90 Å². The van der Waals surface area contributed by atoms with E-state index in [1.54, 1.807) is 13.1 Å². The molecule has 5 rings (SSSR count). The summed E-state index contributed by atoms with van der Waals surface area (Å²) < 4.78 is 21.4. The first-order valence-corrected chi connectivity index (χ1v) is 17.1. The lowest BCUT2D eigenvalue weighted by molar-refractivity contribution is -0.122. The first-order chi connectivity index (χ1) is 18.2. The van der Waals surface area contributed by atoms with E-state index in [0.29, 0.717) is 13.1 Å². The first-order valence-electron chi connectivity index (χ1n) is 14.1. The van der Waals surface area contributed by atoms with Crippen molar-refractivity contribution in [2.75, 3.05) is 36.2 Å². The van der Waals surface area contributed by atoms with E-state index in [1.165, 1.54) is 5.56 Å². The lowest BCUT2D eigenvalue weighted by Crippen LogP contribution is -2.55. The summed E-state index contributed by atoms with van der Waals surface area (Å²) in [6.45, 7) is 7.88. The molecule has 206 valence electrons. The minimum atomic E-state index is -2.90. The van der Waals surface area contributed by atoms with Gasteiger partial charge in [0.15, 0.2) is 0 Å². The van der Waals surface area contributed by atoms with Gasteiger partial charge in [0.1, 0.15) is 5.54 Å². The van der Waals surface area contributed by atoms with Gasteiger partial charge < -0.3 is 24.2 Å². The smallest absolute Gasteiger partial charge is 0.254 e. The normalized spacial score (nSPS) is 27.4. The predicted molar refractivity (Wildman–Crippen MR) is 153 cm³/mol. The van der Waals surface area contributed by atoms with Crippen molar-refractivity contribution in [1.82, 2.24) is 5.32 Å². The van der Waals surface area contributed by atoms with Crippen molar-refractivity contribution < 1.29 is 18.7 Å². The summed E-state index contributed by atoms with van der Waals surface area (Å²) in [6.07, 6.45) is 3.56. The molecule has 0 bridgehead atoms. The van der Waals surface area contributed by atoms with Crippen LogP contribution in [0, 0.1) is 5.92 Å². The highest BCUT2D eigenvalue weighted by Gasteiger charge is 2.53. The third kappa shape index (κ3) is 5.16. The average molecular weight is 540 g/mol. The number of benzene rings is 2. The van der Waals surface area contributed by atoms with Crippen LogP contribution in [0.2, 0.25) is 18.6 Å². The van der Waals surface area contributed by atoms with Gasteiger partial charge in [0.05, 0.1) is 18.9 Å². The molecule has 3 aliphatic rings. The number of carbonyl (C=O) groups excluding carboxylic acids is 1. The maximum atomic E-state index is 15.1. The molecule has 3 saturated heterocycles. The molecule has 4 atom stereocenters. The molecule has 3 aliphatic heterocycles. The number of hydrogen-bond acceptors (Lipinski definition) is 5. The second kappa shape index (κ2) is 11.1. The highest BCUT2D eigenvalue weighted by atomic mass is 28.4. The second-order valence-corrected chi connectivity index (χ2v) is 15.6. The zero-order valence-corrected chi connectivity index (χ0v) is 23.9. The number of hydrogen-bond donors (Lipinski definition) is 2. The maximum absolute atomic E-state index is 15.1. The number of aliphatic hydroxyl groups is 1. The largest absolute Gasteiger partial charge is 0.396 e. The van der Waals surface area contributed by atoms with E-state index < -0.39 is 13.9 Å². The standard InChI is InChI=1S/C30H42FN3O3Si/c1-22-26(37-27(15-20-35)28(22)38(2,3)31)14-11-23-9-12-24(13-10-23)33-21-34(25-7-5-4-6-8-25)30(29(33)36)16-18-32-19-17-30/h4-10,12-13,22,26-28,32,35H,11,14-21H2,1-3H3/t22-,26+,27-,28+/m0/s1. The number of anilines is 2. The van der Waals surface area contributed by atoms with Gasteiger partial charge in [0.25, 0.3) is 5.91 Å². The monoisotopic (exact) mass is 539 g/mol. The van der Waals surface area contributed by atoms with Gasteiger partial charge in [-0.25, -0.2) is 0 Å². The highest BCUT2D eigenvalue weighted by Crippen LogP contribution is 2.47. The topological polar surface area (TPSA) is 65.0 Å². The average Bonchev–Trinajstić information content (AvgIpc) is 3.38. The van der Waals surface area contributed by atoms with Crippen molar-refractivity contribution in [3.05, 3.63) is 60.2 Å². The molecule has 1 amide bonds. The van der Waals surface area contributed by atoms with Crippen molar-refractivity contribution in [1.29, 1.82) is 0 Å². The van der Waals surface area contributed by atoms with Crippen LogP contribution >= 0.6 is 0 Å². The summed E-state index contributed by atoms with van der Waals surface area (Å²) in [5, 5.41) is 12.9. The lowest BCUT2D eigenvalue weighted by Gasteiger charge is -2.39. The Balaban J connectivity index is 1.28. The minimum Gasteiger partial charge on any atom is -0.396 e. The summed E-state index contributed by atoms with van der Waals surface area (Å²) >= 11 is 0. The van der Waals surface area contributed by atoms with Gasteiger partial charge in [0.2, 0.25) is 8.41 Å². The lowest BCUT2D eigenvalue weighted by atomic mass is 9.86. The summed E-state index contributed by atoms with van der Waals surface area (Å²) in [5.41, 5.74) is 2.61. The van der Waals surface area contributed by atoms with Crippen LogP contribution in [-0.4, -0.2) is 63.5 Å². The molecule has 38 heavy (non-hydrogen) atoms. The van der Waals surface area contributed by atoms with Crippen molar-refractivity contribution in [2.24, 2.45) is 5.92 Å². The Bertz CT molecular complexity index is 1090. The molecule has 2 N–H and O–H groups in total. The second-order valence-electron chi connectivity index (χ2n) is 11.8. The van der Waals surface area contributed by atoms with Crippen LogP contribution < -0.4 is 15.1 Å². The number of para-hydroxylation sites is 1. The summed E-state index contributed by atoms with van der Waals surface area (Å²) in [5.74, 6) is 0.326. The van der Waals surface area contributed by atoms with E-state index in [1.807, 2.05) is 23.1 Å². The summed E-state index contributed by atoms with van der Waals surface area (Å²) in [7, 11) is -2.90. The Hall–Kier alpha value is -2.26. The number of rotatable bonds is 8. The Morgan fingerprint density at radius 2 is 1.71 bits per heavy atom. The minimum absolute atomic E-state index is 0.00175.